The van der Waals surface area contributed by atoms with Crippen molar-refractivity contribution in [1.29, 1.82) is 0 Å². The standard InChI is InChI=1S/C26H27F2NO6/c1-14-5-6-16-17(12-29-7-8-33-21(13-29)25(32)35-26(2,3)4)23(34-20(16)9-14)22-18(27)10-15(24(30)31)11-19(22)28/h5-6,9-11,21H,7-8,12-13H2,1-4H3,(H,30,31)/t21-/m0/s1. The van der Waals surface area contributed by atoms with Crippen molar-refractivity contribution in [3.63, 3.8) is 0 Å². The SMILES string of the molecule is Cc1ccc2c(CN3CCO[C@H](C(=O)OC(C)(C)C)C3)c(-c3c(F)cc(C(=O)O)cc3F)oc2c1. The zero-order valence-corrected chi connectivity index (χ0v) is 20.0. The Bertz CT molecular complexity index is 1270. The fraction of sp³-hybridized carbons (Fsp3) is 0.385. The lowest BCUT2D eigenvalue weighted by molar-refractivity contribution is -0.174. The minimum absolute atomic E-state index is 0.0159. The highest BCUT2D eigenvalue weighted by Gasteiger charge is 2.32. The van der Waals surface area contributed by atoms with E-state index in [0.717, 1.165) is 17.7 Å². The van der Waals surface area contributed by atoms with Gasteiger partial charge in [0.15, 0.2) is 6.10 Å². The van der Waals surface area contributed by atoms with Gasteiger partial charge in [-0.15, -0.1) is 0 Å². The third-order valence-corrected chi connectivity index (χ3v) is 5.67. The van der Waals surface area contributed by atoms with Gasteiger partial charge in [0.2, 0.25) is 0 Å². The lowest BCUT2D eigenvalue weighted by Crippen LogP contribution is -2.47. The highest BCUT2D eigenvalue weighted by Crippen LogP contribution is 2.38. The van der Waals surface area contributed by atoms with Gasteiger partial charge in [-0.25, -0.2) is 18.4 Å². The number of carboxylic acid groups (broad SMARTS) is 1. The molecule has 2 heterocycles. The Balaban J connectivity index is 1.72. The number of hydrogen-bond acceptors (Lipinski definition) is 6. The topological polar surface area (TPSA) is 89.2 Å². The molecule has 35 heavy (non-hydrogen) atoms. The molecule has 2 aromatic carbocycles. The second kappa shape index (κ2) is 9.39. The number of aryl methyl sites for hydroxylation is 1. The maximum atomic E-state index is 15.0. The van der Waals surface area contributed by atoms with Crippen LogP contribution in [0.25, 0.3) is 22.3 Å². The van der Waals surface area contributed by atoms with Crippen LogP contribution in [0.1, 0.15) is 42.3 Å². The van der Waals surface area contributed by atoms with Crippen molar-refractivity contribution in [3.8, 4) is 11.3 Å². The second-order valence-electron chi connectivity index (χ2n) is 9.66. The molecule has 3 aromatic rings. The molecule has 0 radical (unpaired) electrons. The highest BCUT2D eigenvalue weighted by molar-refractivity contribution is 5.91. The van der Waals surface area contributed by atoms with E-state index in [9.17, 15) is 18.4 Å². The minimum Gasteiger partial charge on any atom is -0.478 e. The molecule has 4 rings (SSSR count). The van der Waals surface area contributed by atoms with Crippen molar-refractivity contribution in [2.24, 2.45) is 0 Å². The summed E-state index contributed by atoms with van der Waals surface area (Å²) >= 11 is 0. The van der Waals surface area contributed by atoms with E-state index in [1.807, 2.05) is 24.0 Å². The van der Waals surface area contributed by atoms with E-state index in [-0.39, 0.29) is 25.5 Å². The van der Waals surface area contributed by atoms with E-state index in [2.05, 4.69) is 0 Å². The summed E-state index contributed by atoms with van der Waals surface area (Å²) < 4.78 is 47.0. The van der Waals surface area contributed by atoms with E-state index >= 15 is 0 Å². The van der Waals surface area contributed by atoms with Crippen LogP contribution < -0.4 is 0 Å². The van der Waals surface area contributed by atoms with Crippen molar-refractivity contribution in [1.82, 2.24) is 4.90 Å². The number of carboxylic acids is 1. The molecule has 1 aliphatic rings. The van der Waals surface area contributed by atoms with Crippen molar-refractivity contribution >= 4 is 22.9 Å². The Morgan fingerprint density at radius 1 is 1.17 bits per heavy atom. The van der Waals surface area contributed by atoms with Gasteiger partial charge in [0.1, 0.15) is 28.6 Å². The number of furan rings is 1. The van der Waals surface area contributed by atoms with Crippen molar-refractivity contribution in [2.75, 3.05) is 19.7 Å². The van der Waals surface area contributed by atoms with E-state index in [4.69, 9.17) is 19.0 Å². The Labute approximate surface area is 201 Å². The predicted octanol–water partition coefficient (Wildman–Crippen LogP) is 4.93. The molecule has 0 amide bonds. The third kappa shape index (κ3) is 5.36. The quantitative estimate of drug-likeness (QED) is 0.511. The molecule has 0 bridgehead atoms. The van der Waals surface area contributed by atoms with Crippen LogP contribution in [0.2, 0.25) is 0 Å². The normalized spacial score (nSPS) is 17.0. The first-order chi connectivity index (χ1) is 16.4. The number of carbonyl (C=O) groups excluding carboxylic acids is 1. The highest BCUT2D eigenvalue weighted by atomic mass is 19.1. The molecule has 0 spiro atoms. The molecule has 0 saturated carbocycles. The van der Waals surface area contributed by atoms with Gasteiger partial charge < -0.3 is 19.0 Å². The number of hydrogen-bond donors (Lipinski definition) is 1. The van der Waals surface area contributed by atoms with Crippen molar-refractivity contribution in [3.05, 3.63) is 58.7 Å². The molecular weight excluding hydrogens is 460 g/mol. The number of ether oxygens (including phenoxy) is 2. The van der Waals surface area contributed by atoms with E-state index < -0.39 is 46.4 Å². The Hall–Kier alpha value is -3.30. The number of fused-ring (bicyclic) bond motifs is 1. The van der Waals surface area contributed by atoms with Gasteiger partial charge in [-0.05, 0) is 51.5 Å². The zero-order valence-electron chi connectivity index (χ0n) is 20.0. The summed E-state index contributed by atoms with van der Waals surface area (Å²) in [7, 11) is 0. The lowest BCUT2D eigenvalue weighted by atomic mass is 10.0. The zero-order chi connectivity index (χ0) is 25.5. The number of halogens is 2. The molecule has 1 fully saturated rings. The van der Waals surface area contributed by atoms with Gasteiger partial charge >= 0.3 is 11.9 Å². The molecule has 7 nitrogen and oxygen atoms in total. The summed E-state index contributed by atoms with van der Waals surface area (Å²) in [5.41, 5.74) is 0.300. The van der Waals surface area contributed by atoms with Crippen LogP contribution in [0.4, 0.5) is 8.78 Å². The number of benzene rings is 2. The van der Waals surface area contributed by atoms with Gasteiger partial charge in [-0.1, -0.05) is 12.1 Å². The molecule has 1 N–H and O–H groups in total. The average molecular weight is 487 g/mol. The van der Waals surface area contributed by atoms with Gasteiger partial charge in [0.05, 0.1) is 17.7 Å². The Morgan fingerprint density at radius 2 is 1.86 bits per heavy atom. The number of nitrogens with zero attached hydrogens (tertiary/aromatic N) is 1. The lowest BCUT2D eigenvalue weighted by Gasteiger charge is -2.33. The van der Waals surface area contributed by atoms with Crippen LogP contribution in [0, 0.1) is 18.6 Å². The van der Waals surface area contributed by atoms with Crippen LogP contribution >= 0.6 is 0 Å². The minimum atomic E-state index is -1.43. The fourth-order valence-electron chi connectivity index (χ4n) is 4.11. The molecule has 1 atom stereocenters. The maximum Gasteiger partial charge on any atom is 0.337 e. The van der Waals surface area contributed by atoms with Crippen molar-refractivity contribution in [2.45, 2.75) is 45.9 Å². The summed E-state index contributed by atoms with van der Waals surface area (Å²) in [5, 5.41) is 9.81. The smallest absolute Gasteiger partial charge is 0.337 e. The number of rotatable bonds is 5. The van der Waals surface area contributed by atoms with Crippen molar-refractivity contribution < 1.29 is 37.4 Å². The van der Waals surface area contributed by atoms with Crippen LogP contribution in [0.3, 0.4) is 0 Å². The molecule has 0 aliphatic carbocycles. The largest absolute Gasteiger partial charge is 0.478 e. The first-order valence-electron chi connectivity index (χ1n) is 11.2. The fourth-order valence-corrected chi connectivity index (χ4v) is 4.11. The first kappa shape index (κ1) is 24.8. The molecule has 1 saturated heterocycles. The van der Waals surface area contributed by atoms with Gasteiger partial charge in [0, 0.05) is 30.6 Å². The van der Waals surface area contributed by atoms with E-state index in [1.54, 1.807) is 26.8 Å². The number of esters is 1. The summed E-state index contributed by atoms with van der Waals surface area (Å²) in [4.78, 5) is 25.7. The molecule has 186 valence electrons. The summed E-state index contributed by atoms with van der Waals surface area (Å²) in [6.45, 7) is 8.42. The first-order valence-corrected chi connectivity index (χ1v) is 11.2. The molecular formula is C26H27F2NO6. The predicted molar refractivity (Wildman–Crippen MR) is 124 cm³/mol. The van der Waals surface area contributed by atoms with E-state index in [0.29, 0.717) is 23.1 Å². The van der Waals surface area contributed by atoms with Crippen LogP contribution in [-0.2, 0) is 20.8 Å². The second-order valence-corrected chi connectivity index (χ2v) is 9.66. The van der Waals surface area contributed by atoms with Gasteiger partial charge in [0.25, 0.3) is 0 Å². The van der Waals surface area contributed by atoms with Crippen LogP contribution in [0.5, 0.6) is 0 Å². The number of morpholine rings is 1. The molecule has 9 heteroatoms. The molecule has 1 aromatic heterocycles. The monoisotopic (exact) mass is 487 g/mol. The number of carbonyl (C=O) groups is 2. The van der Waals surface area contributed by atoms with Gasteiger partial charge in [-0.3, -0.25) is 4.90 Å². The van der Waals surface area contributed by atoms with E-state index in [1.165, 1.54) is 0 Å². The summed E-state index contributed by atoms with van der Waals surface area (Å²) in [6, 6.07) is 7.01. The average Bonchev–Trinajstić information content (AvgIpc) is 3.09. The van der Waals surface area contributed by atoms with Gasteiger partial charge in [-0.2, -0.15) is 0 Å². The summed E-state index contributed by atoms with van der Waals surface area (Å²) in [5.74, 6) is -3.99. The molecule has 1 aliphatic heterocycles. The van der Waals surface area contributed by atoms with Crippen LogP contribution in [0.15, 0.2) is 34.7 Å². The third-order valence-electron chi connectivity index (χ3n) is 5.67. The molecule has 0 unspecified atom stereocenters. The van der Waals surface area contributed by atoms with Crippen LogP contribution in [-0.4, -0.2) is 53.3 Å². The maximum absolute atomic E-state index is 15.0. The number of aromatic carboxylic acids is 1. The Kier molecular flexibility index (Phi) is 6.66. The summed E-state index contributed by atoms with van der Waals surface area (Å²) in [6.07, 6.45) is -0.796. The Morgan fingerprint density at radius 3 is 2.49 bits per heavy atom.